The minimum Gasteiger partial charge on any atom is -0.477 e. The van der Waals surface area contributed by atoms with E-state index in [9.17, 15) is 4.79 Å². The lowest BCUT2D eigenvalue weighted by atomic mass is 10.2. The van der Waals surface area contributed by atoms with Crippen LogP contribution in [0, 0.1) is 6.92 Å². The number of ether oxygens (including phenoxy) is 1. The Morgan fingerprint density at radius 1 is 1.53 bits per heavy atom. The van der Waals surface area contributed by atoms with Gasteiger partial charge in [0, 0.05) is 17.3 Å². The van der Waals surface area contributed by atoms with Gasteiger partial charge >= 0.3 is 0 Å². The molecule has 0 unspecified atom stereocenters. The molecule has 0 spiro atoms. The van der Waals surface area contributed by atoms with Gasteiger partial charge in [-0.2, -0.15) is 0 Å². The standard InChI is InChI=1S/C13H15N3O2S/c1-3-18-13-10(5-4-6-14-13)12(17)15-7-11-16-9(2)8-19-11/h4-6,8H,3,7H2,1-2H3,(H,15,17). The molecule has 0 saturated carbocycles. The number of carbonyl (C=O) groups is 1. The second-order valence-corrected chi connectivity index (χ2v) is 4.80. The van der Waals surface area contributed by atoms with Crippen molar-refractivity contribution in [2.24, 2.45) is 0 Å². The topological polar surface area (TPSA) is 64.1 Å². The molecule has 1 amide bonds. The first-order valence-corrected chi connectivity index (χ1v) is 6.85. The molecule has 2 aromatic heterocycles. The van der Waals surface area contributed by atoms with E-state index in [-0.39, 0.29) is 5.91 Å². The van der Waals surface area contributed by atoms with Crippen LogP contribution in [-0.2, 0) is 6.54 Å². The number of pyridine rings is 1. The number of aromatic nitrogens is 2. The molecule has 1 N–H and O–H groups in total. The highest BCUT2D eigenvalue weighted by Gasteiger charge is 2.13. The average molecular weight is 277 g/mol. The SMILES string of the molecule is CCOc1ncccc1C(=O)NCc1nc(C)cs1. The minimum absolute atomic E-state index is 0.204. The number of rotatable bonds is 5. The summed E-state index contributed by atoms with van der Waals surface area (Å²) in [4.78, 5) is 20.4. The third-order valence-corrected chi connectivity index (χ3v) is 3.33. The highest BCUT2D eigenvalue weighted by molar-refractivity contribution is 7.09. The summed E-state index contributed by atoms with van der Waals surface area (Å²) in [7, 11) is 0. The molecule has 100 valence electrons. The van der Waals surface area contributed by atoms with E-state index in [1.54, 1.807) is 18.3 Å². The van der Waals surface area contributed by atoms with Gasteiger partial charge in [0.2, 0.25) is 5.88 Å². The molecule has 19 heavy (non-hydrogen) atoms. The Balaban J connectivity index is 2.03. The fourth-order valence-electron chi connectivity index (χ4n) is 1.55. The number of nitrogens with one attached hydrogen (secondary N) is 1. The van der Waals surface area contributed by atoms with Crippen molar-refractivity contribution in [2.45, 2.75) is 20.4 Å². The quantitative estimate of drug-likeness (QED) is 0.909. The van der Waals surface area contributed by atoms with Gasteiger partial charge in [0.25, 0.3) is 5.91 Å². The molecule has 0 aliphatic heterocycles. The van der Waals surface area contributed by atoms with E-state index in [0.29, 0.717) is 24.6 Å². The zero-order valence-corrected chi connectivity index (χ0v) is 11.7. The first-order chi connectivity index (χ1) is 9.20. The Hall–Kier alpha value is -1.95. The lowest BCUT2D eigenvalue weighted by Crippen LogP contribution is -2.23. The predicted molar refractivity (Wildman–Crippen MR) is 73.4 cm³/mol. The Morgan fingerprint density at radius 3 is 3.05 bits per heavy atom. The van der Waals surface area contributed by atoms with Crippen LogP contribution < -0.4 is 10.1 Å². The summed E-state index contributed by atoms with van der Waals surface area (Å²) in [5.74, 6) is 0.155. The molecule has 0 aromatic carbocycles. The number of hydrogen-bond acceptors (Lipinski definition) is 5. The lowest BCUT2D eigenvalue weighted by Gasteiger charge is -2.08. The van der Waals surface area contributed by atoms with E-state index in [1.807, 2.05) is 19.2 Å². The summed E-state index contributed by atoms with van der Waals surface area (Å²) in [5, 5.41) is 5.65. The van der Waals surface area contributed by atoms with Crippen molar-refractivity contribution in [3.63, 3.8) is 0 Å². The van der Waals surface area contributed by atoms with E-state index in [0.717, 1.165) is 10.7 Å². The molecule has 6 heteroatoms. The lowest BCUT2D eigenvalue weighted by molar-refractivity contribution is 0.0946. The van der Waals surface area contributed by atoms with Gasteiger partial charge in [-0.1, -0.05) is 0 Å². The molecule has 5 nitrogen and oxygen atoms in total. The van der Waals surface area contributed by atoms with Crippen LogP contribution >= 0.6 is 11.3 Å². The van der Waals surface area contributed by atoms with Gasteiger partial charge in [-0.15, -0.1) is 11.3 Å². The van der Waals surface area contributed by atoms with Gasteiger partial charge in [0.15, 0.2) is 0 Å². The summed E-state index contributed by atoms with van der Waals surface area (Å²) >= 11 is 1.53. The van der Waals surface area contributed by atoms with Gasteiger partial charge < -0.3 is 10.1 Å². The molecule has 0 radical (unpaired) electrons. The van der Waals surface area contributed by atoms with Crippen molar-refractivity contribution in [3.8, 4) is 5.88 Å². The van der Waals surface area contributed by atoms with E-state index in [1.165, 1.54) is 11.3 Å². The second kappa shape index (κ2) is 6.29. The minimum atomic E-state index is -0.204. The van der Waals surface area contributed by atoms with E-state index >= 15 is 0 Å². The van der Waals surface area contributed by atoms with Gasteiger partial charge in [-0.3, -0.25) is 4.79 Å². The summed E-state index contributed by atoms with van der Waals surface area (Å²) in [6, 6.07) is 3.41. The van der Waals surface area contributed by atoms with Crippen LogP contribution in [0.2, 0.25) is 0 Å². The normalized spacial score (nSPS) is 10.2. The monoisotopic (exact) mass is 277 g/mol. The van der Waals surface area contributed by atoms with Crippen molar-refractivity contribution in [1.29, 1.82) is 0 Å². The van der Waals surface area contributed by atoms with Crippen LogP contribution in [0.25, 0.3) is 0 Å². The summed E-state index contributed by atoms with van der Waals surface area (Å²) in [6.45, 7) is 4.67. The third kappa shape index (κ3) is 3.51. The zero-order valence-electron chi connectivity index (χ0n) is 10.8. The van der Waals surface area contributed by atoms with Crippen LogP contribution in [-0.4, -0.2) is 22.5 Å². The molecule has 0 aliphatic rings. The molecule has 0 aliphatic carbocycles. The number of hydrogen-bond donors (Lipinski definition) is 1. The van der Waals surface area contributed by atoms with Crippen LogP contribution in [0.1, 0.15) is 28.0 Å². The van der Waals surface area contributed by atoms with Crippen molar-refractivity contribution < 1.29 is 9.53 Å². The van der Waals surface area contributed by atoms with Crippen molar-refractivity contribution >= 4 is 17.2 Å². The number of nitrogens with zero attached hydrogens (tertiary/aromatic N) is 2. The summed E-state index contributed by atoms with van der Waals surface area (Å²) in [6.07, 6.45) is 1.60. The zero-order chi connectivity index (χ0) is 13.7. The maximum absolute atomic E-state index is 12.1. The first kappa shape index (κ1) is 13.5. The van der Waals surface area contributed by atoms with Gasteiger partial charge in [-0.05, 0) is 26.0 Å². The maximum Gasteiger partial charge on any atom is 0.257 e. The Bertz CT molecular complexity index is 569. The third-order valence-electron chi connectivity index (χ3n) is 2.36. The Kier molecular flexibility index (Phi) is 4.46. The van der Waals surface area contributed by atoms with Gasteiger partial charge in [-0.25, -0.2) is 9.97 Å². The number of amides is 1. The van der Waals surface area contributed by atoms with E-state index < -0.39 is 0 Å². The number of aryl methyl sites for hydroxylation is 1. The Labute approximate surface area is 115 Å². The van der Waals surface area contributed by atoms with Crippen LogP contribution in [0.15, 0.2) is 23.7 Å². The van der Waals surface area contributed by atoms with E-state index in [4.69, 9.17) is 4.74 Å². The van der Waals surface area contributed by atoms with Crippen molar-refractivity contribution in [2.75, 3.05) is 6.61 Å². The number of thiazole rings is 1. The first-order valence-electron chi connectivity index (χ1n) is 5.97. The molecule has 0 fully saturated rings. The molecule has 0 bridgehead atoms. The largest absolute Gasteiger partial charge is 0.477 e. The fourth-order valence-corrected chi connectivity index (χ4v) is 2.26. The van der Waals surface area contributed by atoms with Crippen LogP contribution in [0.3, 0.4) is 0 Å². The molecule has 2 heterocycles. The highest BCUT2D eigenvalue weighted by Crippen LogP contribution is 2.14. The molecular formula is C13H15N3O2S. The van der Waals surface area contributed by atoms with Crippen molar-refractivity contribution in [3.05, 3.63) is 40.0 Å². The van der Waals surface area contributed by atoms with Crippen molar-refractivity contribution in [1.82, 2.24) is 15.3 Å². The highest BCUT2D eigenvalue weighted by atomic mass is 32.1. The fraction of sp³-hybridized carbons (Fsp3) is 0.308. The summed E-state index contributed by atoms with van der Waals surface area (Å²) in [5.41, 5.74) is 1.41. The second-order valence-electron chi connectivity index (χ2n) is 3.85. The number of carbonyl (C=O) groups excluding carboxylic acids is 1. The maximum atomic E-state index is 12.1. The molecule has 2 aromatic rings. The Morgan fingerprint density at radius 2 is 2.37 bits per heavy atom. The average Bonchev–Trinajstić information content (AvgIpc) is 2.83. The predicted octanol–water partition coefficient (Wildman–Crippen LogP) is 2.18. The van der Waals surface area contributed by atoms with Crippen LogP contribution in [0.4, 0.5) is 0 Å². The van der Waals surface area contributed by atoms with Crippen LogP contribution in [0.5, 0.6) is 5.88 Å². The molecular weight excluding hydrogens is 262 g/mol. The smallest absolute Gasteiger partial charge is 0.257 e. The molecule has 0 saturated heterocycles. The molecule has 2 rings (SSSR count). The van der Waals surface area contributed by atoms with Gasteiger partial charge in [0.05, 0.1) is 13.2 Å². The molecule has 0 atom stereocenters. The van der Waals surface area contributed by atoms with Gasteiger partial charge in [0.1, 0.15) is 10.6 Å². The summed E-state index contributed by atoms with van der Waals surface area (Å²) < 4.78 is 5.33. The van der Waals surface area contributed by atoms with E-state index in [2.05, 4.69) is 15.3 Å².